The summed E-state index contributed by atoms with van der Waals surface area (Å²) in [7, 11) is 0. The van der Waals surface area contributed by atoms with Crippen LogP contribution in [0.25, 0.3) is 0 Å². The Bertz CT molecular complexity index is 384. The average molecular weight is 332 g/mol. The van der Waals surface area contributed by atoms with Gasteiger partial charge in [-0.25, -0.2) is 4.39 Å². The highest BCUT2D eigenvalue weighted by atomic mass is 79.9. The molecule has 0 saturated heterocycles. The number of halogens is 2. The fourth-order valence-electron chi connectivity index (χ4n) is 1.77. The number of hydrogen-bond acceptors (Lipinski definition) is 2. The van der Waals surface area contributed by atoms with Gasteiger partial charge in [-0.3, -0.25) is 0 Å². The molecule has 0 fully saturated rings. The molecule has 0 aliphatic carbocycles. The van der Waals surface area contributed by atoms with Gasteiger partial charge in [-0.2, -0.15) is 0 Å². The molecule has 1 atom stereocenters. The third-order valence-corrected chi connectivity index (χ3v) is 3.48. The van der Waals surface area contributed by atoms with Crippen molar-refractivity contribution >= 4 is 15.9 Å². The minimum Gasteiger partial charge on any atom is -0.381 e. The van der Waals surface area contributed by atoms with Gasteiger partial charge in [0, 0.05) is 23.7 Å². The summed E-state index contributed by atoms with van der Waals surface area (Å²) >= 11 is 3.39. The van der Waals surface area contributed by atoms with Gasteiger partial charge in [0.1, 0.15) is 5.82 Å². The lowest BCUT2D eigenvalue weighted by Gasteiger charge is -2.16. The second-order valence-corrected chi connectivity index (χ2v) is 6.02. The van der Waals surface area contributed by atoms with Gasteiger partial charge in [-0.1, -0.05) is 35.8 Å². The fourth-order valence-corrected chi connectivity index (χ4v) is 2.47. The van der Waals surface area contributed by atoms with E-state index < -0.39 is 0 Å². The quantitative estimate of drug-likeness (QED) is 0.717. The molecule has 1 rings (SSSR count). The monoisotopic (exact) mass is 331 g/mol. The predicted molar refractivity (Wildman–Crippen MR) is 80.8 cm³/mol. The predicted octanol–water partition coefficient (Wildman–Crippen LogP) is 4.30. The van der Waals surface area contributed by atoms with Crippen molar-refractivity contribution in [2.75, 3.05) is 19.8 Å². The summed E-state index contributed by atoms with van der Waals surface area (Å²) in [6.07, 6.45) is 0.982. The van der Waals surface area contributed by atoms with Crippen molar-refractivity contribution in [2.24, 2.45) is 5.92 Å². The Kier molecular flexibility index (Phi) is 7.57. The zero-order chi connectivity index (χ0) is 14.3. The van der Waals surface area contributed by atoms with Gasteiger partial charge in [0.25, 0.3) is 0 Å². The molecule has 1 unspecified atom stereocenters. The van der Waals surface area contributed by atoms with E-state index in [0.29, 0.717) is 5.92 Å². The average Bonchev–Trinajstić information content (AvgIpc) is 2.32. The Morgan fingerprint density at radius 1 is 1.32 bits per heavy atom. The smallest absolute Gasteiger partial charge is 0.124 e. The van der Waals surface area contributed by atoms with E-state index in [1.54, 1.807) is 0 Å². The first-order chi connectivity index (χ1) is 9.00. The van der Waals surface area contributed by atoms with Gasteiger partial charge in [0.2, 0.25) is 0 Å². The zero-order valence-corrected chi connectivity index (χ0v) is 13.5. The van der Waals surface area contributed by atoms with E-state index in [4.69, 9.17) is 4.74 Å². The van der Waals surface area contributed by atoms with Gasteiger partial charge in [0.05, 0.1) is 0 Å². The van der Waals surface area contributed by atoms with Crippen molar-refractivity contribution in [3.8, 4) is 0 Å². The van der Waals surface area contributed by atoms with Crippen molar-refractivity contribution in [1.82, 2.24) is 5.32 Å². The molecule has 0 aromatic heterocycles. The molecule has 0 bridgehead atoms. The van der Waals surface area contributed by atoms with Gasteiger partial charge in [-0.05, 0) is 43.5 Å². The maximum absolute atomic E-state index is 13.0. The maximum atomic E-state index is 13.0. The number of ether oxygens (including phenoxy) is 1. The molecule has 4 heteroatoms. The first-order valence-electron chi connectivity index (χ1n) is 6.76. The van der Waals surface area contributed by atoms with Gasteiger partial charge in [0.15, 0.2) is 0 Å². The molecule has 2 nitrogen and oxygen atoms in total. The van der Waals surface area contributed by atoms with Crippen molar-refractivity contribution in [3.05, 3.63) is 34.1 Å². The van der Waals surface area contributed by atoms with Crippen LogP contribution in [0.5, 0.6) is 0 Å². The Hall–Kier alpha value is -0.450. The van der Waals surface area contributed by atoms with Crippen LogP contribution in [0, 0.1) is 11.7 Å². The third-order valence-electron chi connectivity index (χ3n) is 2.80. The second-order valence-electron chi connectivity index (χ2n) is 5.16. The Balaban J connectivity index is 2.25. The summed E-state index contributed by atoms with van der Waals surface area (Å²) in [6.45, 7) is 8.86. The molecule has 0 saturated carbocycles. The molecule has 1 N–H and O–H groups in total. The summed E-state index contributed by atoms with van der Waals surface area (Å²) in [6, 6.07) is 5.00. The molecule has 1 aromatic rings. The zero-order valence-electron chi connectivity index (χ0n) is 11.9. The van der Waals surface area contributed by atoms with E-state index in [1.165, 1.54) is 12.1 Å². The third kappa shape index (κ3) is 6.50. The highest BCUT2D eigenvalue weighted by Crippen LogP contribution is 2.23. The number of nitrogens with one attached hydrogen (secondary N) is 1. The van der Waals surface area contributed by atoms with Crippen molar-refractivity contribution < 1.29 is 9.13 Å². The van der Waals surface area contributed by atoms with E-state index in [-0.39, 0.29) is 11.9 Å². The molecule has 19 heavy (non-hydrogen) atoms. The van der Waals surface area contributed by atoms with Crippen LogP contribution in [0.15, 0.2) is 22.7 Å². The molecular weight excluding hydrogens is 309 g/mol. The highest BCUT2D eigenvalue weighted by molar-refractivity contribution is 9.10. The minimum absolute atomic E-state index is 0.195. The second kappa shape index (κ2) is 8.67. The Morgan fingerprint density at radius 3 is 2.68 bits per heavy atom. The highest BCUT2D eigenvalue weighted by Gasteiger charge is 2.09. The van der Waals surface area contributed by atoms with Gasteiger partial charge < -0.3 is 10.1 Å². The van der Waals surface area contributed by atoms with Crippen LogP contribution in [0.2, 0.25) is 0 Å². The largest absolute Gasteiger partial charge is 0.381 e. The Labute approximate surface area is 123 Å². The lowest BCUT2D eigenvalue weighted by molar-refractivity contribution is 0.107. The van der Waals surface area contributed by atoms with Gasteiger partial charge in [-0.15, -0.1) is 0 Å². The molecule has 0 amide bonds. The topological polar surface area (TPSA) is 21.3 Å². The summed E-state index contributed by atoms with van der Waals surface area (Å²) < 4.78 is 19.3. The first-order valence-corrected chi connectivity index (χ1v) is 7.56. The van der Waals surface area contributed by atoms with Crippen LogP contribution in [-0.4, -0.2) is 19.8 Å². The van der Waals surface area contributed by atoms with Crippen LogP contribution in [0.3, 0.4) is 0 Å². The minimum atomic E-state index is -0.218. The van der Waals surface area contributed by atoms with E-state index in [1.807, 2.05) is 6.07 Å². The molecule has 0 radical (unpaired) electrons. The van der Waals surface area contributed by atoms with Crippen molar-refractivity contribution in [3.63, 3.8) is 0 Å². The molecule has 1 aromatic carbocycles. The molecule has 0 heterocycles. The fraction of sp³-hybridized carbons (Fsp3) is 0.600. The van der Waals surface area contributed by atoms with Gasteiger partial charge >= 0.3 is 0 Å². The summed E-state index contributed by atoms with van der Waals surface area (Å²) in [5, 5.41) is 3.41. The summed E-state index contributed by atoms with van der Waals surface area (Å²) in [5.41, 5.74) is 1.07. The van der Waals surface area contributed by atoms with E-state index in [2.05, 4.69) is 42.0 Å². The van der Waals surface area contributed by atoms with Crippen LogP contribution in [0.4, 0.5) is 4.39 Å². The molecule has 0 aliphatic rings. The first kappa shape index (κ1) is 16.6. The van der Waals surface area contributed by atoms with Crippen LogP contribution in [-0.2, 0) is 4.74 Å². The number of hydrogen-bond donors (Lipinski definition) is 1. The number of rotatable bonds is 8. The molecule has 0 aliphatic heterocycles. The maximum Gasteiger partial charge on any atom is 0.124 e. The van der Waals surface area contributed by atoms with E-state index in [9.17, 15) is 4.39 Å². The lowest BCUT2D eigenvalue weighted by atomic mass is 10.1. The van der Waals surface area contributed by atoms with E-state index in [0.717, 1.165) is 36.2 Å². The van der Waals surface area contributed by atoms with Crippen LogP contribution < -0.4 is 5.32 Å². The molecule has 108 valence electrons. The normalized spacial score (nSPS) is 12.9. The molecular formula is C15H23BrFNO. The van der Waals surface area contributed by atoms with Crippen LogP contribution in [0.1, 0.15) is 38.8 Å². The van der Waals surface area contributed by atoms with Crippen LogP contribution >= 0.6 is 15.9 Å². The summed E-state index contributed by atoms with van der Waals surface area (Å²) in [4.78, 5) is 0. The van der Waals surface area contributed by atoms with Crippen molar-refractivity contribution in [2.45, 2.75) is 33.2 Å². The molecule has 0 spiro atoms. The SMILES string of the molecule is CC(C)COCCCNC(C)c1ccc(F)cc1Br. The van der Waals surface area contributed by atoms with E-state index >= 15 is 0 Å². The lowest BCUT2D eigenvalue weighted by Crippen LogP contribution is -2.21. The standard InChI is InChI=1S/C15H23BrFNO/c1-11(2)10-19-8-4-7-18-12(3)14-6-5-13(17)9-15(14)16/h5-6,9,11-12,18H,4,7-8,10H2,1-3H3. The summed E-state index contributed by atoms with van der Waals surface area (Å²) in [5.74, 6) is 0.368. The number of benzene rings is 1. The Morgan fingerprint density at radius 2 is 2.05 bits per heavy atom. The van der Waals surface area contributed by atoms with Crippen molar-refractivity contribution in [1.29, 1.82) is 0 Å².